The van der Waals surface area contributed by atoms with Crippen molar-refractivity contribution in [2.75, 3.05) is 20.8 Å². The molecule has 0 atom stereocenters. The van der Waals surface area contributed by atoms with Crippen molar-refractivity contribution in [3.05, 3.63) is 35.4 Å². The van der Waals surface area contributed by atoms with Crippen LogP contribution in [0.3, 0.4) is 0 Å². The molecule has 0 aliphatic rings. The monoisotopic (exact) mass is 231 g/mol. The highest BCUT2D eigenvalue weighted by molar-refractivity contribution is 5.18. The van der Waals surface area contributed by atoms with E-state index in [1.807, 2.05) is 0 Å². The molecule has 90 valence electrons. The number of ether oxygens (including phenoxy) is 2. The summed E-state index contributed by atoms with van der Waals surface area (Å²) in [6.45, 7) is 0.635. The molecule has 1 aromatic rings. The standard InChI is InChI=1S/C11H15F2NO2/c1-15-10(16-2)7-14-6-8-4-3-5-9(12)11(8)13/h3-5,10,14H,6-7H2,1-2H3. The first-order valence-corrected chi connectivity index (χ1v) is 4.88. The van der Waals surface area contributed by atoms with Crippen LogP contribution in [0.15, 0.2) is 18.2 Å². The Balaban J connectivity index is 2.46. The van der Waals surface area contributed by atoms with Crippen molar-refractivity contribution in [3.63, 3.8) is 0 Å². The summed E-state index contributed by atoms with van der Waals surface area (Å²) < 4.78 is 35.9. The Morgan fingerprint density at radius 3 is 2.56 bits per heavy atom. The van der Waals surface area contributed by atoms with Gasteiger partial charge in [0.2, 0.25) is 0 Å². The molecular formula is C11H15F2NO2. The second-order valence-corrected chi connectivity index (χ2v) is 3.24. The van der Waals surface area contributed by atoms with Crippen LogP contribution in [0.4, 0.5) is 8.78 Å². The van der Waals surface area contributed by atoms with Gasteiger partial charge < -0.3 is 14.8 Å². The van der Waals surface area contributed by atoms with Gasteiger partial charge in [0.05, 0.1) is 0 Å². The Kier molecular flexibility index (Phi) is 5.31. The number of halogens is 2. The first-order valence-electron chi connectivity index (χ1n) is 4.88. The molecule has 0 aromatic heterocycles. The van der Waals surface area contributed by atoms with Crippen molar-refractivity contribution in [2.24, 2.45) is 0 Å². The zero-order valence-electron chi connectivity index (χ0n) is 9.30. The van der Waals surface area contributed by atoms with Gasteiger partial charge in [0.15, 0.2) is 17.9 Å². The average molecular weight is 231 g/mol. The van der Waals surface area contributed by atoms with Crippen molar-refractivity contribution in [2.45, 2.75) is 12.8 Å². The molecule has 0 saturated carbocycles. The van der Waals surface area contributed by atoms with Crippen LogP contribution in [-0.2, 0) is 16.0 Å². The van der Waals surface area contributed by atoms with Gasteiger partial charge in [-0.2, -0.15) is 0 Å². The van der Waals surface area contributed by atoms with Gasteiger partial charge in [-0.3, -0.25) is 0 Å². The minimum atomic E-state index is -0.839. The number of hydrogen-bond donors (Lipinski definition) is 1. The van der Waals surface area contributed by atoms with Gasteiger partial charge in [-0.05, 0) is 6.07 Å². The van der Waals surface area contributed by atoms with Gasteiger partial charge in [0, 0.05) is 32.9 Å². The Hall–Kier alpha value is -1.04. The SMILES string of the molecule is COC(CNCc1cccc(F)c1F)OC. The second kappa shape index (κ2) is 6.52. The molecule has 0 aliphatic heterocycles. The van der Waals surface area contributed by atoms with E-state index in [4.69, 9.17) is 9.47 Å². The van der Waals surface area contributed by atoms with Crippen molar-refractivity contribution in [3.8, 4) is 0 Å². The predicted molar refractivity (Wildman–Crippen MR) is 55.9 cm³/mol. The lowest BCUT2D eigenvalue weighted by molar-refractivity contribution is -0.0989. The van der Waals surface area contributed by atoms with Gasteiger partial charge in [0.1, 0.15) is 0 Å². The van der Waals surface area contributed by atoms with E-state index in [1.165, 1.54) is 26.4 Å². The van der Waals surface area contributed by atoms with E-state index >= 15 is 0 Å². The molecule has 0 bridgehead atoms. The maximum Gasteiger partial charge on any atom is 0.169 e. The van der Waals surface area contributed by atoms with E-state index in [2.05, 4.69) is 5.32 Å². The zero-order valence-corrected chi connectivity index (χ0v) is 9.30. The lowest BCUT2D eigenvalue weighted by atomic mass is 10.2. The number of rotatable bonds is 6. The minimum Gasteiger partial charge on any atom is -0.355 e. The lowest BCUT2D eigenvalue weighted by Crippen LogP contribution is -2.29. The number of benzene rings is 1. The summed E-state index contributed by atoms with van der Waals surface area (Å²) in [7, 11) is 3.03. The van der Waals surface area contributed by atoms with Crippen LogP contribution in [0.2, 0.25) is 0 Å². The van der Waals surface area contributed by atoms with E-state index in [9.17, 15) is 8.78 Å². The van der Waals surface area contributed by atoms with E-state index < -0.39 is 17.9 Å². The molecule has 0 aliphatic carbocycles. The lowest BCUT2D eigenvalue weighted by Gasteiger charge is -2.14. The summed E-state index contributed by atoms with van der Waals surface area (Å²) in [5.74, 6) is -1.66. The highest BCUT2D eigenvalue weighted by Gasteiger charge is 2.08. The van der Waals surface area contributed by atoms with Crippen LogP contribution >= 0.6 is 0 Å². The molecule has 1 N–H and O–H groups in total. The molecule has 0 fully saturated rings. The largest absolute Gasteiger partial charge is 0.355 e. The fourth-order valence-electron chi connectivity index (χ4n) is 1.27. The van der Waals surface area contributed by atoms with Crippen LogP contribution in [0.5, 0.6) is 0 Å². The van der Waals surface area contributed by atoms with Gasteiger partial charge in [0.25, 0.3) is 0 Å². The predicted octanol–water partition coefficient (Wildman–Crippen LogP) is 1.67. The van der Waals surface area contributed by atoms with Crippen LogP contribution in [0, 0.1) is 11.6 Å². The van der Waals surface area contributed by atoms with Gasteiger partial charge in [-0.25, -0.2) is 8.78 Å². The maximum atomic E-state index is 13.2. The van der Waals surface area contributed by atoms with Gasteiger partial charge >= 0.3 is 0 Å². The third-order valence-corrected chi connectivity index (χ3v) is 2.18. The molecule has 1 aromatic carbocycles. The van der Waals surface area contributed by atoms with Crippen molar-refractivity contribution in [1.82, 2.24) is 5.32 Å². The molecule has 16 heavy (non-hydrogen) atoms. The molecule has 0 heterocycles. The first-order chi connectivity index (χ1) is 7.69. The summed E-state index contributed by atoms with van der Waals surface area (Å²) in [5.41, 5.74) is 0.283. The fourth-order valence-corrected chi connectivity index (χ4v) is 1.27. The van der Waals surface area contributed by atoms with Crippen molar-refractivity contribution < 1.29 is 18.3 Å². The Morgan fingerprint density at radius 2 is 1.94 bits per heavy atom. The highest BCUT2D eigenvalue weighted by atomic mass is 19.2. The second-order valence-electron chi connectivity index (χ2n) is 3.24. The van der Waals surface area contributed by atoms with Crippen molar-refractivity contribution >= 4 is 0 Å². The quantitative estimate of drug-likeness (QED) is 0.755. The van der Waals surface area contributed by atoms with E-state index in [-0.39, 0.29) is 12.1 Å². The molecule has 1 rings (SSSR count). The van der Waals surface area contributed by atoms with E-state index in [0.29, 0.717) is 6.54 Å². The normalized spacial score (nSPS) is 11.1. The van der Waals surface area contributed by atoms with Crippen molar-refractivity contribution in [1.29, 1.82) is 0 Å². The number of methoxy groups -OCH3 is 2. The summed E-state index contributed by atoms with van der Waals surface area (Å²) in [4.78, 5) is 0. The third-order valence-electron chi connectivity index (χ3n) is 2.18. The first kappa shape index (κ1) is 13.0. The molecule has 3 nitrogen and oxygen atoms in total. The van der Waals surface area contributed by atoms with Crippen LogP contribution in [0.25, 0.3) is 0 Å². The zero-order chi connectivity index (χ0) is 12.0. The maximum absolute atomic E-state index is 13.2. The smallest absolute Gasteiger partial charge is 0.169 e. The molecule has 0 spiro atoms. The molecule has 5 heteroatoms. The molecule has 0 amide bonds. The molecule has 0 radical (unpaired) electrons. The Morgan fingerprint density at radius 1 is 1.25 bits per heavy atom. The number of hydrogen-bond acceptors (Lipinski definition) is 3. The average Bonchev–Trinajstić information content (AvgIpc) is 2.30. The third kappa shape index (κ3) is 3.52. The van der Waals surface area contributed by atoms with Gasteiger partial charge in [-0.15, -0.1) is 0 Å². The summed E-state index contributed by atoms with van der Waals surface area (Å²) in [5, 5.41) is 2.92. The van der Waals surface area contributed by atoms with E-state index in [0.717, 1.165) is 6.07 Å². The summed E-state index contributed by atoms with van der Waals surface area (Å²) >= 11 is 0. The Bertz CT molecular complexity index is 330. The highest BCUT2D eigenvalue weighted by Crippen LogP contribution is 2.10. The van der Waals surface area contributed by atoms with Crippen LogP contribution in [-0.4, -0.2) is 27.1 Å². The van der Waals surface area contributed by atoms with Crippen LogP contribution < -0.4 is 5.32 Å². The molecule has 0 saturated heterocycles. The van der Waals surface area contributed by atoms with E-state index in [1.54, 1.807) is 0 Å². The minimum absolute atomic E-state index is 0.229. The van der Waals surface area contributed by atoms with Crippen LogP contribution in [0.1, 0.15) is 5.56 Å². The summed E-state index contributed by atoms with van der Waals surface area (Å²) in [6.07, 6.45) is -0.392. The summed E-state index contributed by atoms with van der Waals surface area (Å²) in [6, 6.07) is 4.09. The number of nitrogens with one attached hydrogen (secondary N) is 1. The van der Waals surface area contributed by atoms with Gasteiger partial charge in [-0.1, -0.05) is 12.1 Å². The fraction of sp³-hybridized carbons (Fsp3) is 0.455. The molecule has 0 unspecified atom stereocenters. The topological polar surface area (TPSA) is 30.5 Å². The molecular weight excluding hydrogens is 216 g/mol. The Labute approximate surface area is 93.4 Å².